The predicted molar refractivity (Wildman–Crippen MR) is 322 cm³/mol. The minimum atomic E-state index is -0.546. The van der Waals surface area contributed by atoms with Gasteiger partial charge >= 0.3 is 12.1 Å². The van der Waals surface area contributed by atoms with Crippen molar-refractivity contribution in [3.63, 3.8) is 0 Å². The van der Waals surface area contributed by atoms with Crippen molar-refractivity contribution in [3.8, 4) is 0 Å². The molecule has 4 aromatic carbocycles. The first kappa shape index (κ1) is 69.0. The Kier molecular flexibility index (Phi) is 29.0. The van der Waals surface area contributed by atoms with E-state index in [9.17, 15) is 14.4 Å². The number of nitrogens with zero attached hydrogens (tertiary/aromatic N) is 3. The molecule has 0 aliphatic carbocycles. The van der Waals surface area contributed by atoms with E-state index in [0.717, 1.165) is 16.8 Å². The Hall–Kier alpha value is -5.02. The minimum Gasteiger partial charge on any atom is -0.440 e. The first-order chi connectivity index (χ1) is 34.7. The number of carbonyl (C=O) groups is 3. The molecular formula is C65H104N4O4S. The Labute approximate surface area is 457 Å². The monoisotopic (exact) mass is 1040 g/mol. The van der Waals surface area contributed by atoms with Crippen molar-refractivity contribution in [2.75, 3.05) is 0 Å². The van der Waals surface area contributed by atoms with E-state index in [0.29, 0.717) is 11.3 Å². The number of hydrogen-bond acceptors (Lipinski definition) is 5. The highest BCUT2D eigenvalue weighted by Gasteiger charge is 2.59. The molecule has 3 atom stereocenters. The van der Waals surface area contributed by atoms with Crippen LogP contribution in [0, 0.1) is 5.92 Å². The van der Waals surface area contributed by atoms with Crippen molar-refractivity contribution in [2.45, 2.75) is 230 Å². The number of nitrogens with one attached hydrogen (secondary N) is 1. The van der Waals surface area contributed by atoms with Crippen molar-refractivity contribution >= 4 is 29.8 Å². The maximum Gasteiger partial charge on any atom is 0.411 e. The number of benzene rings is 4. The van der Waals surface area contributed by atoms with E-state index in [1.54, 1.807) is 11.8 Å². The van der Waals surface area contributed by atoms with E-state index in [-0.39, 0.29) is 51.8 Å². The van der Waals surface area contributed by atoms with E-state index >= 15 is 0 Å². The topological polar surface area (TPSA) is 82.2 Å². The number of rotatable bonds is 8. The molecule has 414 valence electrons. The number of cyclic esters (lactones) is 1. The van der Waals surface area contributed by atoms with Gasteiger partial charge in [0.25, 0.3) is 0 Å². The van der Waals surface area contributed by atoms with Crippen LogP contribution in [0.1, 0.15) is 208 Å². The summed E-state index contributed by atoms with van der Waals surface area (Å²) >= 11 is 1.74. The maximum atomic E-state index is 12.6. The fourth-order valence-electron chi connectivity index (χ4n) is 9.20. The molecule has 2 saturated heterocycles. The van der Waals surface area contributed by atoms with Crippen LogP contribution in [0.3, 0.4) is 0 Å². The van der Waals surface area contributed by atoms with Gasteiger partial charge in [-0.2, -0.15) is 0 Å². The van der Waals surface area contributed by atoms with Gasteiger partial charge in [-0.05, 0) is 136 Å². The number of ether oxygens (including phenoxy) is 1. The van der Waals surface area contributed by atoms with Gasteiger partial charge in [0.05, 0.1) is 10.8 Å². The summed E-state index contributed by atoms with van der Waals surface area (Å²) in [7, 11) is 0. The first-order valence-electron chi connectivity index (χ1n) is 27.7. The summed E-state index contributed by atoms with van der Waals surface area (Å²) in [4.78, 5) is 42.3. The van der Waals surface area contributed by atoms with Gasteiger partial charge in [-0.1, -0.05) is 204 Å². The van der Waals surface area contributed by atoms with E-state index in [1.165, 1.54) is 16.7 Å². The lowest BCUT2D eigenvalue weighted by Crippen LogP contribution is -2.53. The minimum absolute atomic E-state index is 0.0121. The molecule has 0 radical (unpaired) electrons. The molecular weight excluding hydrogens is 933 g/mol. The van der Waals surface area contributed by atoms with Gasteiger partial charge < -0.3 is 19.9 Å². The van der Waals surface area contributed by atoms with Crippen LogP contribution in [0.2, 0.25) is 0 Å². The largest absolute Gasteiger partial charge is 0.440 e. The fraction of sp³-hybridized carbons (Fsp3) is 0.554. The van der Waals surface area contributed by atoms with Gasteiger partial charge in [0.1, 0.15) is 16.0 Å². The lowest BCUT2D eigenvalue weighted by molar-refractivity contribution is -0.136. The van der Waals surface area contributed by atoms with Crippen LogP contribution < -0.4 is 5.32 Å². The van der Waals surface area contributed by atoms with Gasteiger partial charge in [0, 0.05) is 23.8 Å². The number of hydrogen-bond donors (Lipinski definition) is 1. The molecule has 3 aliphatic rings. The highest BCUT2D eigenvalue weighted by Crippen LogP contribution is 2.54. The van der Waals surface area contributed by atoms with Gasteiger partial charge in [-0.25, -0.2) is 9.59 Å². The van der Waals surface area contributed by atoms with Gasteiger partial charge in [0.2, 0.25) is 5.91 Å². The van der Waals surface area contributed by atoms with Crippen molar-refractivity contribution in [1.82, 2.24) is 20.0 Å². The summed E-state index contributed by atoms with van der Waals surface area (Å²) in [6, 6.07) is 41.8. The van der Waals surface area contributed by atoms with E-state index in [1.807, 2.05) is 187 Å². The summed E-state index contributed by atoms with van der Waals surface area (Å²) in [5.74, 6) is 0.911. The van der Waals surface area contributed by atoms with E-state index in [2.05, 4.69) is 134 Å². The fourth-order valence-corrected chi connectivity index (χ4v) is 11.0. The summed E-state index contributed by atoms with van der Waals surface area (Å²) < 4.78 is 5.23. The third kappa shape index (κ3) is 16.5. The molecule has 8 nitrogen and oxygen atoms in total. The van der Waals surface area contributed by atoms with Crippen molar-refractivity contribution in [2.24, 2.45) is 5.92 Å². The van der Waals surface area contributed by atoms with Crippen LogP contribution in [0.5, 0.6) is 0 Å². The molecule has 74 heavy (non-hydrogen) atoms. The second kappa shape index (κ2) is 31.1. The molecule has 7 rings (SSSR count). The Morgan fingerprint density at radius 2 is 0.946 bits per heavy atom. The Morgan fingerprint density at radius 1 is 0.554 bits per heavy atom. The van der Waals surface area contributed by atoms with Gasteiger partial charge in [-0.3, -0.25) is 9.69 Å². The number of allylic oxidation sites excluding steroid dienone is 1. The lowest BCUT2D eigenvalue weighted by atomic mass is 9.75. The summed E-state index contributed by atoms with van der Waals surface area (Å²) in [6.07, 6.45) is -0.235. The summed E-state index contributed by atoms with van der Waals surface area (Å²) in [6.45, 7) is 53.7. The van der Waals surface area contributed by atoms with Gasteiger partial charge in [-0.15, -0.1) is 11.8 Å². The van der Waals surface area contributed by atoms with Crippen LogP contribution in [0.25, 0.3) is 0 Å². The molecule has 3 heterocycles. The third-order valence-corrected chi connectivity index (χ3v) is 15.5. The number of amides is 4. The first-order valence-corrected chi connectivity index (χ1v) is 28.5. The zero-order valence-corrected chi connectivity index (χ0v) is 52.1. The number of thioether (sulfide) groups is 1. The maximum absolute atomic E-state index is 12.6. The molecule has 0 saturated carbocycles. The molecule has 0 spiro atoms. The molecule has 0 aromatic heterocycles. The molecule has 1 N–H and O–H groups in total. The Balaban J connectivity index is 0.000000925. The molecule has 9 heteroatoms. The van der Waals surface area contributed by atoms with Crippen molar-refractivity contribution < 1.29 is 19.1 Å². The van der Waals surface area contributed by atoms with Crippen LogP contribution >= 0.6 is 11.8 Å². The normalized spacial score (nSPS) is 20.3. The van der Waals surface area contributed by atoms with E-state index < -0.39 is 11.1 Å². The second-order valence-electron chi connectivity index (χ2n) is 20.8. The molecule has 3 aliphatic heterocycles. The summed E-state index contributed by atoms with van der Waals surface area (Å²) in [5.41, 5.74) is 6.37. The third-order valence-electron chi connectivity index (χ3n) is 14.0. The molecule has 3 unspecified atom stereocenters. The van der Waals surface area contributed by atoms with Crippen LogP contribution in [0.15, 0.2) is 133 Å². The van der Waals surface area contributed by atoms with Crippen molar-refractivity contribution in [3.05, 3.63) is 155 Å². The molecule has 4 aromatic rings. The molecule has 4 amide bonds. The van der Waals surface area contributed by atoms with Gasteiger partial charge in [0.15, 0.2) is 0 Å². The Bertz CT molecular complexity index is 2250. The zero-order valence-electron chi connectivity index (χ0n) is 51.3. The average Bonchev–Trinajstić information content (AvgIpc) is 3.71. The quantitative estimate of drug-likeness (QED) is 0.190. The van der Waals surface area contributed by atoms with Crippen LogP contribution in [-0.2, 0) is 25.4 Å². The second-order valence-corrected chi connectivity index (χ2v) is 22.8. The smallest absolute Gasteiger partial charge is 0.411 e. The Morgan fingerprint density at radius 3 is 1.34 bits per heavy atom. The number of carbonyl (C=O) groups excluding carboxylic acids is 3. The molecule has 2 fully saturated rings. The van der Waals surface area contributed by atoms with Crippen molar-refractivity contribution in [1.29, 1.82) is 0 Å². The van der Waals surface area contributed by atoms with E-state index in [4.69, 9.17) is 4.74 Å². The SMILES string of the molecule is CC.CC.CC.CC.CC(C)C(C)(C)c1ccccc1.CC(C)N1C(=O)C(C)(C)SC1(C)c1ccccc1.CC(C)N1C(=O)OC(C)(C)C1(C)c1ccccc1.CC1=C(C)C(c2ccccc2)N(C(C)C)C(=O)N1. The van der Waals surface area contributed by atoms with Crippen LogP contribution in [0.4, 0.5) is 9.59 Å². The van der Waals surface area contributed by atoms with Crippen LogP contribution in [-0.4, -0.2) is 61.2 Å². The molecule has 0 bridgehead atoms. The highest BCUT2D eigenvalue weighted by molar-refractivity contribution is 8.02. The average molecular weight is 1040 g/mol. The zero-order chi connectivity index (χ0) is 57.6. The predicted octanol–water partition coefficient (Wildman–Crippen LogP) is 18.3. The lowest BCUT2D eigenvalue weighted by Gasteiger charge is -2.42. The standard InChI is InChI=1S/C15H20N2O.C15H21NO2.C15H21NOS.C12H18.4C2H6/c1-10(2)17-14(13-8-6-5-7-9-13)11(3)12(4)16-15(17)18;1-11(2)16-13(17)18-14(3,4)15(16,5)12-9-7-6-8-10-12;1-11(2)16-13(17)14(3,4)18-15(16,5)12-9-7-6-8-10-12;1-10(2)12(3,4)11-8-6-5-7-9-11;4*1-2/h5-10,14H,1-4H3,(H,16,18);2*6-11H,1-5H3;5-10H,1-4H3;4*1-2H3. The summed E-state index contributed by atoms with van der Waals surface area (Å²) in [5, 5.41) is 2.93. The highest BCUT2D eigenvalue weighted by atomic mass is 32.2. The number of urea groups is 1.